The molecule has 1 aromatic carbocycles. The minimum atomic E-state index is -0.339. The van der Waals surface area contributed by atoms with E-state index in [4.69, 9.17) is 9.47 Å². The molecule has 3 rings (SSSR count). The summed E-state index contributed by atoms with van der Waals surface area (Å²) in [6, 6.07) is 0. The van der Waals surface area contributed by atoms with Gasteiger partial charge < -0.3 is 14.6 Å². The molecule has 3 unspecified atom stereocenters. The van der Waals surface area contributed by atoms with Crippen molar-refractivity contribution < 1.29 is 24.2 Å². The lowest BCUT2D eigenvalue weighted by Gasteiger charge is -2.35. The maximum atomic E-state index is 13.0. The lowest BCUT2D eigenvalue weighted by Crippen LogP contribution is -2.35. The average molecular weight is 372 g/mol. The van der Waals surface area contributed by atoms with Crippen molar-refractivity contribution in [3.8, 4) is 17.2 Å². The molecule has 5 heteroatoms. The number of esters is 1. The van der Waals surface area contributed by atoms with E-state index < -0.39 is 0 Å². The largest absolute Gasteiger partial charge is 0.507 e. The summed E-state index contributed by atoms with van der Waals surface area (Å²) in [4.78, 5) is 25.2. The highest BCUT2D eigenvalue weighted by Crippen LogP contribution is 2.53. The fraction of sp³-hybridized carbons (Fsp3) is 0.545. The van der Waals surface area contributed by atoms with E-state index in [0.29, 0.717) is 23.5 Å². The van der Waals surface area contributed by atoms with Gasteiger partial charge in [-0.05, 0) is 33.6 Å². The van der Waals surface area contributed by atoms with Crippen LogP contribution < -0.4 is 9.47 Å². The van der Waals surface area contributed by atoms with Crippen LogP contribution in [0.25, 0.3) is 0 Å². The van der Waals surface area contributed by atoms with Gasteiger partial charge in [-0.1, -0.05) is 31.9 Å². The first-order valence-corrected chi connectivity index (χ1v) is 9.72. The van der Waals surface area contributed by atoms with Gasteiger partial charge in [-0.25, -0.2) is 0 Å². The molecule has 0 saturated heterocycles. The number of benzene rings is 1. The summed E-state index contributed by atoms with van der Waals surface area (Å²) in [7, 11) is 0. The lowest BCUT2D eigenvalue weighted by atomic mass is 9.80. The Kier molecular flexibility index (Phi) is 5.31. The van der Waals surface area contributed by atoms with Gasteiger partial charge in [0.25, 0.3) is 0 Å². The number of fused-ring (bicyclic) bond motifs is 3. The van der Waals surface area contributed by atoms with Gasteiger partial charge in [0.15, 0.2) is 5.78 Å². The zero-order valence-corrected chi connectivity index (χ0v) is 16.7. The van der Waals surface area contributed by atoms with Crippen LogP contribution in [0, 0.1) is 5.92 Å². The first-order chi connectivity index (χ1) is 12.8. The highest BCUT2D eigenvalue weighted by Gasteiger charge is 2.42. The normalized spacial score (nSPS) is 23.8. The van der Waals surface area contributed by atoms with Gasteiger partial charge in [-0.3, -0.25) is 9.59 Å². The molecule has 0 saturated carbocycles. The van der Waals surface area contributed by atoms with Crippen molar-refractivity contribution in [3.05, 3.63) is 28.3 Å². The van der Waals surface area contributed by atoms with Gasteiger partial charge >= 0.3 is 5.97 Å². The molecule has 0 amide bonds. The fourth-order valence-corrected chi connectivity index (χ4v) is 3.88. The number of ketones is 1. The molecule has 0 aromatic heterocycles. The summed E-state index contributed by atoms with van der Waals surface area (Å²) < 4.78 is 11.7. The van der Waals surface area contributed by atoms with E-state index in [9.17, 15) is 14.7 Å². The minimum Gasteiger partial charge on any atom is -0.507 e. The van der Waals surface area contributed by atoms with Crippen LogP contribution >= 0.6 is 0 Å². The summed E-state index contributed by atoms with van der Waals surface area (Å²) >= 11 is 0. The zero-order chi connectivity index (χ0) is 19.9. The van der Waals surface area contributed by atoms with Gasteiger partial charge in [-0.2, -0.15) is 0 Å². The summed E-state index contributed by atoms with van der Waals surface area (Å²) in [6.45, 7) is 9.66. The Morgan fingerprint density at radius 2 is 1.93 bits per heavy atom. The molecule has 3 atom stereocenters. The van der Waals surface area contributed by atoms with Crippen LogP contribution in [-0.2, 0) is 11.2 Å². The van der Waals surface area contributed by atoms with Crippen LogP contribution in [0.4, 0.5) is 0 Å². The quantitative estimate of drug-likeness (QED) is 0.471. The second-order valence-corrected chi connectivity index (χ2v) is 7.90. The van der Waals surface area contributed by atoms with E-state index in [2.05, 4.69) is 6.92 Å². The molecule has 27 heavy (non-hydrogen) atoms. The highest BCUT2D eigenvalue weighted by atomic mass is 16.5. The van der Waals surface area contributed by atoms with Crippen LogP contribution in [-0.4, -0.2) is 23.0 Å². The van der Waals surface area contributed by atoms with Gasteiger partial charge in [0.2, 0.25) is 0 Å². The molecule has 2 aliphatic heterocycles. The van der Waals surface area contributed by atoms with Gasteiger partial charge in [0.05, 0.1) is 12.3 Å². The van der Waals surface area contributed by atoms with E-state index in [0.717, 1.165) is 24.0 Å². The zero-order valence-electron chi connectivity index (χ0n) is 16.7. The molecule has 2 aliphatic rings. The van der Waals surface area contributed by atoms with Gasteiger partial charge in [0, 0.05) is 17.0 Å². The number of allylic oxidation sites excluding steroid dienone is 2. The SMILES string of the molecule is CCCC1CC(=O)Oc2c(CC=C(C)C)c(O)c3c(c21)OC(C)C(C)C3=O. The second-order valence-electron chi connectivity index (χ2n) is 7.90. The molecule has 2 heterocycles. The first-order valence-electron chi connectivity index (χ1n) is 9.72. The molecular formula is C22H28O5. The maximum Gasteiger partial charge on any atom is 0.311 e. The van der Waals surface area contributed by atoms with Crippen LogP contribution in [0.2, 0.25) is 0 Å². The minimum absolute atomic E-state index is 0.0699. The smallest absolute Gasteiger partial charge is 0.311 e. The number of carbonyl (C=O) groups excluding carboxylic acids is 2. The molecule has 5 nitrogen and oxygen atoms in total. The number of ether oxygens (including phenoxy) is 2. The summed E-state index contributed by atoms with van der Waals surface area (Å²) in [5.41, 5.74) is 2.60. The van der Waals surface area contributed by atoms with Gasteiger partial charge in [0.1, 0.15) is 28.9 Å². The summed E-state index contributed by atoms with van der Waals surface area (Å²) in [5, 5.41) is 11.0. The molecule has 1 N–H and O–H groups in total. The molecular weight excluding hydrogens is 344 g/mol. The van der Waals surface area contributed by atoms with Crippen LogP contribution in [0.15, 0.2) is 11.6 Å². The molecule has 0 radical (unpaired) electrons. The van der Waals surface area contributed by atoms with Crippen molar-refractivity contribution in [2.75, 3.05) is 0 Å². The number of aromatic hydroxyl groups is 1. The van der Waals surface area contributed by atoms with Crippen LogP contribution in [0.1, 0.15) is 81.3 Å². The lowest BCUT2D eigenvalue weighted by molar-refractivity contribution is -0.136. The van der Waals surface area contributed by atoms with Gasteiger partial charge in [-0.15, -0.1) is 0 Å². The molecule has 0 spiro atoms. The fourth-order valence-electron chi connectivity index (χ4n) is 3.88. The third kappa shape index (κ3) is 3.35. The van der Waals surface area contributed by atoms with Crippen molar-refractivity contribution in [2.45, 2.75) is 72.3 Å². The van der Waals surface area contributed by atoms with Crippen LogP contribution in [0.3, 0.4) is 0 Å². The third-order valence-electron chi connectivity index (χ3n) is 5.57. The standard InChI is InChI=1S/C22H28O5/c1-6-7-14-10-16(23)27-21-15(9-8-11(2)3)20(25)18-19(24)12(4)13(5)26-22(18)17(14)21/h8,12-14,25H,6-7,9-10H2,1-5H3. The van der Waals surface area contributed by atoms with E-state index in [1.54, 1.807) is 0 Å². The Morgan fingerprint density at radius 3 is 2.56 bits per heavy atom. The predicted octanol–water partition coefficient (Wildman–Crippen LogP) is 4.69. The molecule has 0 bridgehead atoms. The van der Waals surface area contributed by atoms with E-state index in [1.165, 1.54) is 0 Å². The van der Waals surface area contributed by atoms with Crippen LogP contribution in [0.5, 0.6) is 17.2 Å². The topological polar surface area (TPSA) is 72.8 Å². The third-order valence-corrected chi connectivity index (χ3v) is 5.57. The Bertz CT molecular complexity index is 817. The number of hydrogen-bond acceptors (Lipinski definition) is 5. The number of rotatable bonds is 4. The monoisotopic (exact) mass is 372 g/mol. The van der Waals surface area contributed by atoms with Crippen molar-refractivity contribution in [1.29, 1.82) is 0 Å². The Labute approximate surface area is 160 Å². The second kappa shape index (κ2) is 7.37. The number of carbonyl (C=O) groups is 2. The van der Waals surface area contributed by atoms with Crippen molar-refractivity contribution >= 4 is 11.8 Å². The predicted molar refractivity (Wildman–Crippen MR) is 103 cm³/mol. The molecule has 146 valence electrons. The Morgan fingerprint density at radius 1 is 1.22 bits per heavy atom. The summed E-state index contributed by atoms with van der Waals surface area (Å²) in [5.74, 6) is -0.155. The van der Waals surface area contributed by atoms with Crippen molar-refractivity contribution in [2.24, 2.45) is 5.92 Å². The molecule has 0 fully saturated rings. The van der Waals surface area contributed by atoms with E-state index in [-0.39, 0.29) is 47.4 Å². The van der Waals surface area contributed by atoms with E-state index >= 15 is 0 Å². The van der Waals surface area contributed by atoms with Crippen molar-refractivity contribution in [3.63, 3.8) is 0 Å². The number of Topliss-reactive ketones (excluding diaryl/α,β-unsaturated/α-hetero) is 1. The first kappa shape index (κ1) is 19.5. The van der Waals surface area contributed by atoms with Crippen molar-refractivity contribution in [1.82, 2.24) is 0 Å². The molecule has 0 aliphatic carbocycles. The molecule has 1 aromatic rings. The average Bonchev–Trinajstić information content (AvgIpc) is 2.58. The maximum absolute atomic E-state index is 13.0. The summed E-state index contributed by atoms with van der Waals surface area (Å²) in [6.07, 6.45) is 4.02. The number of phenolic OH excluding ortho intramolecular Hbond substituents is 1. The number of hydrogen-bond donors (Lipinski definition) is 1. The number of phenols is 1. The Balaban J connectivity index is 2.31. The highest BCUT2D eigenvalue weighted by molar-refractivity contribution is 6.05. The van der Waals surface area contributed by atoms with E-state index in [1.807, 2.05) is 33.8 Å². The Hall–Kier alpha value is -2.30.